The third-order valence-electron chi connectivity index (χ3n) is 5.39. The molecule has 0 bridgehead atoms. The molecule has 0 nitrogen and oxygen atoms in total. The summed E-state index contributed by atoms with van der Waals surface area (Å²) in [5, 5.41) is 0.457. The van der Waals surface area contributed by atoms with Crippen molar-refractivity contribution in [1.82, 2.24) is 0 Å². The number of benzene rings is 4. The van der Waals surface area contributed by atoms with Crippen molar-refractivity contribution >= 4 is 11.6 Å². The molecule has 0 aromatic heterocycles. The number of hydrogen-bond acceptors (Lipinski definition) is 0. The van der Waals surface area contributed by atoms with Crippen molar-refractivity contribution in [2.75, 3.05) is 0 Å². The highest BCUT2D eigenvalue weighted by atomic mass is 35.5. The van der Waals surface area contributed by atoms with Crippen LogP contribution in [0.3, 0.4) is 0 Å². The van der Waals surface area contributed by atoms with Gasteiger partial charge in [-0.15, -0.1) is 0 Å². The van der Waals surface area contributed by atoms with Crippen molar-refractivity contribution in [2.24, 2.45) is 0 Å². The number of fused-ring (bicyclic) bond motifs is 10. The molecule has 0 radical (unpaired) electrons. The lowest BCUT2D eigenvalue weighted by Gasteiger charge is -2.30. The van der Waals surface area contributed by atoms with Gasteiger partial charge in [-0.3, -0.25) is 0 Å². The van der Waals surface area contributed by atoms with E-state index in [1.807, 2.05) is 30.3 Å². The minimum atomic E-state index is -1.37. The highest BCUT2D eigenvalue weighted by Crippen LogP contribution is 2.63. The zero-order valence-corrected chi connectivity index (χ0v) is 14.2. The Kier molecular flexibility index (Phi) is 1.63. The first-order valence-electron chi connectivity index (χ1n) is 12.3. The molecule has 4 aromatic carbocycles. The Hall–Kier alpha value is -2.83. The minimum absolute atomic E-state index is 0.107. The zero-order chi connectivity index (χ0) is 24.3. The first-order chi connectivity index (χ1) is 16.2. The molecule has 0 heterocycles. The summed E-state index contributed by atoms with van der Waals surface area (Å²) in [7, 11) is 0. The van der Waals surface area contributed by atoms with E-state index in [0.717, 1.165) is 5.56 Å². The van der Waals surface area contributed by atoms with Gasteiger partial charge in [-0.05, 0) is 45.0 Å². The Morgan fingerprint density at radius 1 is 0.615 bits per heavy atom. The van der Waals surface area contributed by atoms with E-state index >= 15 is 0 Å². The molecule has 0 unspecified atom stereocenters. The van der Waals surface area contributed by atoms with Crippen LogP contribution >= 0.6 is 11.6 Å². The average molecular weight is 359 g/mol. The van der Waals surface area contributed by atoms with Gasteiger partial charge in [0, 0.05) is 10.6 Å². The largest absolute Gasteiger partial charge is 0.0837 e. The van der Waals surface area contributed by atoms with Crippen LogP contribution in [0.5, 0.6) is 0 Å². The van der Waals surface area contributed by atoms with Crippen LogP contribution in [0.1, 0.15) is 33.2 Å². The Bertz CT molecular complexity index is 1540. The molecule has 6 rings (SSSR count). The monoisotopic (exact) mass is 358 g/mol. The molecule has 1 spiro atoms. The lowest BCUT2D eigenvalue weighted by atomic mass is 9.70. The second-order valence-corrected chi connectivity index (χ2v) is 6.87. The highest BCUT2D eigenvalue weighted by molar-refractivity contribution is 6.34. The van der Waals surface area contributed by atoms with Gasteiger partial charge >= 0.3 is 0 Å². The fraction of sp³-hybridized carbons (Fsp3) is 0.0400. The van der Waals surface area contributed by atoms with Crippen molar-refractivity contribution in [3.63, 3.8) is 0 Å². The normalized spacial score (nSPS) is 19.0. The zero-order valence-electron chi connectivity index (χ0n) is 21.4. The molecule has 122 valence electrons. The summed E-state index contributed by atoms with van der Waals surface area (Å²) in [6, 6.07) is 9.78. The third kappa shape index (κ3) is 1.48. The van der Waals surface area contributed by atoms with Crippen LogP contribution in [0.25, 0.3) is 22.3 Å². The summed E-state index contributed by atoms with van der Waals surface area (Å²) >= 11 is 6.67. The van der Waals surface area contributed by atoms with Gasteiger partial charge in [0.15, 0.2) is 0 Å². The number of hydrogen-bond donors (Lipinski definition) is 0. The minimum Gasteiger partial charge on any atom is -0.0837 e. The Balaban J connectivity index is 2.00. The van der Waals surface area contributed by atoms with Gasteiger partial charge in [0.25, 0.3) is 0 Å². The van der Waals surface area contributed by atoms with Crippen LogP contribution in [-0.4, -0.2) is 0 Å². The molecule has 1 heteroatoms. The molecular formula is C25H15Cl. The second kappa shape index (κ2) is 4.87. The molecule has 0 saturated heterocycles. The standard InChI is InChI=1S/C25H15Cl/c26-23-15-7-14-22-24(23)18-10-3-6-13-21(18)25(22)19-11-4-1-8-16(19)17-9-2-5-12-20(17)25/h1-15H/i1D,2D,4D,5D,8D,9D,11D,12D. The molecule has 0 aliphatic heterocycles. The highest BCUT2D eigenvalue weighted by Gasteiger charge is 2.51. The molecule has 2 aliphatic carbocycles. The predicted molar refractivity (Wildman–Crippen MR) is 108 cm³/mol. The van der Waals surface area contributed by atoms with Crippen LogP contribution in [0.15, 0.2) is 90.8 Å². The van der Waals surface area contributed by atoms with Crippen LogP contribution in [0, 0.1) is 0 Å². The number of rotatable bonds is 0. The Morgan fingerprint density at radius 2 is 1.23 bits per heavy atom. The molecule has 0 N–H and O–H groups in total. The van der Waals surface area contributed by atoms with Gasteiger partial charge in [0.2, 0.25) is 0 Å². The SMILES string of the molecule is [2H]c1c([2H])c([2H])c2c(c1[2H])-c1c([2H])c([2H])c([2H])c([2H])c1C21c2ccccc2-c2c(Cl)cccc21. The summed E-state index contributed by atoms with van der Waals surface area (Å²) in [6.07, 6.45) is 0. The van der Waals surface area contributed by atoms with Gasteiger partial charge in [-0.2, -0.15) is 0 Å². The number of halogens is 1. The average Bonchev–Trinajstić information content (AvgIpc) is 3.31. The maximum Gasteiger partial charge on any atom is 0.0726 e. The summed E-state index contributed by atoms with van der Waals surface area (Å²) < 4.78 is 68.7. The first-order valence-corrected chi connectivity index (χ1v) is 8.64. The van der Waals surface area contributed by atoms with Crippen LogP contribution in [-0.2, 0) is 5.41 Å². The van der Waals surface area contributed by atoms with Crippen molar-refractivity contribution in [2.45, 2.75) is 5.41 Å². The van der Waals surface area contributed by atoms with Crippen molar-refractivity contribution in [1.29, 1.82) is 0 Å². The smallest absolute Gasteiger partial charge is 0.0726 e. The molecule has 0 fully saturated rings. The summed E-state index contributed by atoms with van der Waals surface area (Å²) in [5.74, 6) is 0. The van der Waals surface area contributed by atoms with E-state index in [4.69, 9.17) is 22.6 Å². The predicted octanol–water partition coefficient (Wildman–Crippen LogP) is 6.68. The lowest BCUT2D eigenvalue weighted by Crippen LogP contribution is -2.25. The van der Waals surface area contributed by atoms with Crippen LogP contribution < -0.4 is 0 Å². The first kappa shape index (κ1) is 8.70. The van der Waals surface area contributed by atoms with Gasteiger partial charge in [0.1, 0.15) is 0 Å². The van der Waals surface area contributed by atoms with E-state index in [1.165, 1.54) is 0 Å². The van der Waals surface area contributed by atoms with Crippen molar-refractivity contribution in [3.05, 3.63) is 118 Å². The molecule has 0 atom stereocenters. The van der Waals surface area contributed by atoms with Crippen LogP contribution in [0.4, 0.5) is 0 Å². The quantitative estimate of drug-likeness (QED) is 0.284. The molecular weight excluding hydrogens is 336 g/mol. The van der Waals surface area contributed by atoms with Gasteiger partial charge < -0.3 is 0 Å². The van der Waals surface area contributed by atoms with E-state index in [2.05, 4.69) is 0 Å². The van der Waals surface area contributed by atoms with E-state index in [-0.39, 0.29) is 46.4 Å². The van der Waals surface area contributed by atoms with Crippen molar-refractivity contribution in [3.8, 4) is 22.3 Å². The Labute approximate surface area is 168 Å². The maximum absolute atomic E-state index is 8.92. The van der Waals surface area contributed by atoms with E-state index in [9.17, 15) is 0 Å². The molecule has 0 amide bonds. The third-order valence-corrected chi connectivity index (χ3v) is 5.71. The van der Waals surface area contributed by atoms with E-state index < -0.39 is 29.6 Å². The van der Waals surface area contributed by atoms with Crippen LogP contribution in [0.2, 0.25) is 5.02 Å². The van der Waals surface area contributed by atoms with Crippen molar-refractivity contribution < 1.29 is 11.0 Å². The second-order valence-electron chi connectivity index (χ2n) is 6.46. The summed E-state index contributed by atoms with van der Waals surface area (Å²) in [6.45, 7) is 0. The lowest BCUT2D eigenvalue weighted by molar-refractivity contribution is 0.794. The van der Waals surface area contributed by atoms with E-state index in [0.29, 0.717) is 21.7 Å². The fourth-order valence-corrected chi connectivity index (χ4v) is 4.79. The Morgan fingerprint density at radius 3 is 1.96 bits per heavy atom. The summed E-state index contributed by atoms with van der Waals surface area (Å²) in [5.41, 5.74) is 2.08. The van der Waals surface area contributed by atoms with Gasteiger partial charge in [-0.25, -0.2) is 0 Å². The fourth-order valence-electron chi connectivity index (χ4n) is 4.51. The molecule has 26 heavy (non-hydrogen) atoms. The molecule has 4 aromatic rings. The summed E-state index contributed by atoms with van der Waals surface area (Å²) in [4.78, 5) is 0. The van der Waals surface area contributed by atoms with Gasteiger partial charge in [-0.1, -0.05) is 96.3 Å². The maximum atomic E-state index is 8.92. The van der Waals surface area contributed by atoms with E-state index in [1.54, 1.807) is 12.1 Å². The topological polar surface area (TPSA) is 0 Å². The van der Waals surface area contributed by atoms with Gasteiger partial charge in [0.05, 0.1) is 16.4 Å². The molecule has 2 aliphatic rings. The molecule has 0 saturated carbocycles.